The lowest BCUT2D eigenvalue weighted by Gasteiger charge is -2.38. The summed E-state index contributed by atoms with van der Waals surface area (Å²) >= 11 is 0. The summed E-state index contributed by atoms with van der Waals surface area (Å²) in [5, 5.41) is 12.6. The molecular weight excluding hydrogens is 242 g/mol. The van der Waals surface area contributed by atoms with E-state index in [0.717, 1.165) is 19.3 Å². The Labute approximate surface area is 101 Å². The molecule has 1 aromatic rings. The van der Waals surface area contributed by atoms with E-state index in [1.165, 1.54) is 17.1 Å². The number of aliphatic hydroxyl groups excluding tert-OH is 1. The Balaban J connectivity index is 2.13. The molecule has 96 valence electrons. The molecule has 2 N–H and O–H groups in total. The maximum absolute atomic E-state index is 12.0. The lowest BCUT2D eigenvalue weighted by atomic mass is 9.80. The normalized spacial score (nSPS) is 18.9. The molecule has 0 aliphatic heterocycles. The van der Waals surface area contributed by atoms with E-state index in [0.29, 0.717) is 6.54 Å². The third-order valence-electron chi connectivity index (χ3n) is 3.09. The third-order valence-corrected chi connectivity index (χ3v) is 4.68. The van der Waals surface area contributed by atoms with Crippen molar-refractivity contribution < 1.29 is 13.5 Å². The zero-order valence-corrected chi connectivity index (χ0v) is 10.6. The molecule has 0 bridgehead atoms. The van der Waals surface area contributed by atoms with Gasteiger partial charge in [-0.15, -0.1) is 0 Å². The van der Waals surface area contributed by atoms with Crippen LogP contribution in [0.3, 0.4) is 0 Å². The van der Waals surface area contributed by atoms with Gasteiger partial charge in [-0.1, -0.05) is 0 Å². The molecular formula is C10H17N3O3S. The topological polar surface area (TPSA) is 84.2 Å². The van der Waals surface area contributed by atoms with Crippen LogP contribution in [0.25, 0.3) is 0 Å². The highest BCUT2D eigenvalue weighted by atomic mass is 32.2. The van der Waals surface area contributed by atoms with Gasteiger partial charge in [-0.25, -0.2) is 13.1 Å². The first-order valence-electron chi connectivity index (χ1n) is 5.62. The molecule has 7 heteroatoms. The van der Waals surface area contributed by atoms with Gasteiger partial charge < -0.3 is 5.11 Å². The molecule has 6 nitrogen and oxygen atoms in total. The van der Waals surface area contributed by atoms with Crippen molar-refractivity contribution in [3.05, 3.63) is 12.4 Å². The Kier molecular flexibility index (Phi) is 3.24. The van der Waals surface area contributed by atoms with Crippen molar-refractivity contribution in [3.63, 3.8) is 0 Å². The van der Waals surface area contributed by atoms with E-state index in [1.807, 2.05) is 6.92 Å². The van der Waals surface area contributed by atoms with Gasteiger partial charge in [0.2, 0.25) is 10.0 Å². The van der Waals surface area contributed by atoms with Crippen molar-refractivity contribution in [3.8, 4) is 0 Å². The molecule has 1 aromatic heterocycles. The van der Waals surface area contributed by atoms with Crippen LogP contribution in [0, 0.1) is 0 Å². The average molecular weight is 259 g/mol. The molecule has 0 atom stereocenters. The van der Waals surface area contributed by atoms with E-state index in [1.54, 1.807) is 0 Å². The van der Waals surface area contributed by atoms with E-state index >= 15 is 0 Å². The second-order valence-corrected chi connectivity index (χ2v) is 6.36. The molecule has 0 aromatic carbocycles. The quantitative estimate of drug-likeness (QED) is 0.785. The first-order valence-corrected chi connectivity index (χ1v) is 7.11. The zero-order valence-electron chi connectivity index (χ0n) is 9.76. The minimum atomic E-state index is -3.49. The molecule has 1 heterocycles. The summed E-state index contributed by atoms with van der Waals surface area (Å²) in [6.07, 6.45) is 5.54. The largest absolute Gasteiger partial charge is 0.394 e. The van der Waals surface area contributed by atoms with Crippen LogP contribution in [0.1, 0.15) is 26.2 Å². The Morgan fingerprint density at radius 1 is 1.59 bits per heavy atom. The second-order valence-electron chi connectivity index (χ2n) is 4.68. The van der Waals surface area contributed by atoms with Gasteiger partial charge in [-0.3, -0.25) is 4.68 Å². The molecule has 0 unspecified atom stereocenters. The predicted octanol–water partition coefficient (Wildman–Crippen LogP) is 0.0963. The SMILES string of the molecule is CC1(NS(=O)(=O)c2cnn(CCO)c2)CCC1. The molecule has 0 amide bonds. The summed E-state index contributed by atoms with van der Waals surface area (Å²) in [6, 6.07) is 0. The number of rotatable bonds is 5. The number of nitrogens with zero attached hydrogens (tertiary/aromatic N) is 2. The van der Waals surface area contributed by atoms with E-state index in [9.17, 15) is 8.42 Å². The summed E-state index contributed by atoms with van der Waals surface area (Å²) in [7, 11) is -3.49. The van der Waals surface area contributed by atoms with Crippen molar-refractivity contribution >= 4 is 10.0 Å². The van der Waals surface area contributed by atoms with Crippen LogP contribution >= 0.6 is 0 Å². The maximum atomic E-state index is 12.0. The predicted molar refractivity (Wildman–Crippen MR) is 61.9 cm³/mol. The molecule has 0 saturated heterocycles. The summed E-state index contributed by atoms with van der Waals surface area (Å²) in [4.78, 5) is 0.152. The minimum absolute atomic E-state index is 0.0632. The van der Waals surface area contributed by atoms with E-state index in [-0.39, 0.29) is 17.0 Å². The lowest BCUT2D eigenvalue weighted by Crippen LogP contribution is -2.50. The minimum Gasteiger partial charge on any atom is -0.394 e. The molecule has 1 aliphatic carbocycles. The van der Waals surface area contributed by atoms with Gasteiger partial charge in [0.25, 0.3) is 0 Å². The van der Waals surface area contributed by atoms with Gasteiger partial charge in [0.15, 0.2) is 0 Å². The first kappa shape index (κ1) is 12.5. The van der Waals surface area contributed by atoms with Gasteiger partial charge in [-0.2, -0.15) is 5.10 Å². The number of sulfonamides is 1. The van der Waals surface area contributed by atoms with E-state index < -0.39 is 10.0 Å². The zero-order chi connectivity index (χ0) is 12.5. The third kappa shape index (κ3) is 2.67. The summed E-state index contributed by atoms with van der Waals surface area (Å²) in [5.74, 6) is 0. The molecule has 0 radical (unpaired) electrons. The second kappa shape index (κ2) is 4.40. The Morgan fingerprint density at radius 3 is 2.82 bits per heavy atom. The Bertz CT molecular complexity index is 491. The first-order chi connectivity index (χ1) is 7.95. The Hall–Kier alpha value is -0.920. The molecule has 17 heavy (non-hydrogen) atoms. The number of nitrogens with one attached hydrogen (secondary N) is 1. The summed E-state index contributed by atoms with van der Waals surface area (Å²) in [5.41, 5.74) is -0.308. The van der Waals surface area contributed by atoms with Gasteiger partial charge >= 0.3 is 0 Å². The van der Waals surface area contributed by atoms with Crippen LogP contribution in [0.15, 0.2) is 17.3 Å². The van der Waals surface area contributed by atoms with Crippen LogP contribution in [0.4, 0.5) is 0 Å². The van der Waals surface area contributed by atoms with Crippen LogP contribution in [0.5, 0.6) is 0 Å². The number of hydrogen-bond acceptors (Lipinski definition) is 4. The van der Waals surface area contributed by atoms with Gasteiger partial charge in [-0.05, 0) is 26.2 Å². The van der Waals surface area contributed by atoms with Crippen molar-refractivity contribution in [2.75, 3.05) is 6.61 Å². The van der Waals surface area contributed by atoms with Crippen molar-refractivity contribution in [1.29, 1.82) is 0 Å². The van der Waals surface area contributed by atoms with Crippen LogP contribution < -0.4 is 4.72 Å². The maximum Gasteiger partial charge on any atom is 0.244 e. The van der Waals surface area contributed by atoms with Crippen molar-refractivity contribution in [2.45, 2.75) is 43.2 Å². The number of hydrogen-bond donors (Lipinski definition) is 2. The smallest absolute Gasteiger partial charge is 0.244 e. The van der Waals surface area contributed by atoms with Gasteiger partial charge in [0.1, 0.15) is 4.90 Å². The van der Waals surface area contributed by atoms with Gasteiger partial charge in [0.05, 0.1) is 19.3 Å². The molecule has 0 spiro atoms. The average Bonchev–Trinajstić information content (AvgIpc) is 2.65. The molecule has 2 rings (SSSR count). The van der Waals surface area contributed by atoms with Crippen molar-refractivity contribution in [2.24, 2.45) is 0 Å². The van der Waals surface area contributed by atoms with Crippen LogP contribution in [-0.4, -0.2) is 35.5 Å². The fraction of sp³-hybridized carbons (Fsp3) is 0.700. The fourth-order valence-electron chi connectivity index (χ4n) is 1.90. The molecule has 1 aliphatic rings. The number of aliphatic hydroxyl groups is 1. The highest BCUT2D eigenvalue weighted by Gasteiger charge is 2.36. The van der Waals surface area contributed by atoms with Gasteiger partial charge in [0, 0.05) is 11.7 Å². The highest BCUT2D eigenvalue weighted by Crippen LogP contribution is 2.32. The summed E-state index contributed by atoms with van der Waals surface area (Å²) in [6.45, 7) is 2.14. The fourth-order valence-corrected chi connectivity index (χ4v) is 3.32. The lowest BCUT2D eigenvalue weighted by molar-refractivity contribution is 0.248. The van der Waals surface area contributed by atoms with Crippen LogP contribution in [0.2, 0.25) is 0 Å². The number of aromatic nitrogens is 2. The Morgan fingerprint density at radius 2 is 2.29 bits per heavy atom. The van der Waals surface area contributed by atoms with Crippen molar-refractivity contribution in [1.82, 2.24) is 14.5 Å². The monoisotopic (exact) mass is 259 g/mol. The highest BCUT2D eigenvalue weighted by molar-refractivity contribution is 7.89. The summed E-state index contributed by atoms with van der Waals surface area (Å²) < 4.78 is 28.2. The van der Waals surface area contributed by atoms with Crippen LogP contribution in [-0.2, 0) is 16.6 Å². The standard InChI is InChI=1S/C10H17N3O3S/c1-10(3-2-4-10)12-17(15,16)9-7-11-13(8-9)5-6-14/h7-8,12,14H,2-6H2,1H3. The van der Waals surface area contributed by atoms with E-state index in [4.69, 9.17) is 5.11 Å². The van der Waals surface area contributed by atoms with E-state index in [2.05, 4.69) is 9.82 Å². The molecule has 1 saturated carbocycles. The molecule has 1 fully saturated rings.